The number of nitrogens with zero attached hydrogens (tertiary/aromatic N) is 2. The van der Waals surface area contributed by atoms with E-state index in [2.05, 4.69) is 20.9 Å². The van der Waals surface area contributed by atoms with E-state index in [9.17, 15) is 24.3 Å². The molecule has 0 aromatic heterocycles. The van der Waals surface area contributed by atoms with Gasteiger partial charge in [0.1, 0.15) is 29.4 Å². The number of ether oxygens (including phenoxy) is 1. The number of aromatic hydroxyl groups is 1. The highest BCUT2D eigenvalue weighted by Gasteiger charge is 2.32. The van der Waals surface area contributed by atoms with Gasteiger partial charge in [-0.15, -0.1) is 0 Å². The van der Waals surface area contributed by atoms with Gasteiger partial charge in [-0.2, -0.15) is 0 Å². The third-order valence-corrected chi connectivity index (χ3v) is 6.18. The summed E-state index contributed by atoms with van der Waals surface area (Å²) in [5.41, 5.74) is 1.46. The molecule has 2 rings (SSSR count). The summed E-state index contributed by atoms with van der Waals surface area (Å²) in [6.45, 7) is 7.11. The summed E-state index contributed by atoms with van der Waals surface area (Å²) in [6, 6.07) is 12.3. The topological polar surface area (TPSA) is 162 Å². The molecule has 11 nitrogen and oxygen atoms in total. The number of amides is 3. The van der Waals surface area contributed by atoms with Gasteiger partial charge in [-0.05, 0) is 47.9 Å². The summed E-state index contributed by atoms with van der Waals surface area (Å²) in [5, 5.41) is 26.5. The number of phenols is 1. The zero-order chi connectivity index (χ0) is 30.4. The number of alkyl carbamates (subject to hydrolysis) is 1. The highest BCUT2D eigenvalue weighted by atomic mass is 16.5. The summed E-state index contributed by atoms with van der Waals surface area (Å²) in [6.07, 6.45) is -0.0863. The highest BCUT2D eigenvalue weighted by molar-refractivity contribution is 5.95. The van der Waals surface area contributed by atoms with Gasteiger partial charge in [-0.25, -0.2) is 4.79 Å². The normalized spacial score (nSPS) is 13.0. The second-order valence-electron chi connectivity index (χ2n) is 10.8. The number of hydrogen-bond donors (Lipinski definition) is 4. The Morgan fingerprint density at radius 2 is 1.32 bits per heavy atom. The standard InChI is InChI=1S/C30H39N5O6/c1-19(2)14-25(28(38)33-24(27(37)17-32-31)16-21-10-12-23(36)13-11-21)34-29(39)26(15-20(3)4)35-30(40)41-18-22-8-6-5-7-9-22/h5-13,19-20,24-26H,14-18H2,1-4H3,(H3-,33,34,35,36,38,39,40)/p+1/t24-,25-,26-/m0/s1. The Balaban J connectivity index is 2.14. The number of carbonyl (C=O) groups is 4. The Kier molecular flexibility index (Phi) is 13.3. The van der Waals surface area contributed by atoms with Gasteiger partial charge in [0.05, 0.1) is 6.04 Å². The molecule has 3 atom stereocenters. The van der Waals surface area contributed by atoms with Crippen molar-refractivity contribution < 1.29 is 29.0 Å². The Bertz CT molecular complexity index is 1190. The first-order valence-corrected chi connectivity index (χ1v) is 13.7. The average Bonchev–Trinajstić information content (AvgIpc) is 2.92. The second kappa shape index (κ2) is 16.6. The molecule has 2 aromatic carbocycles. The van der Waals surface area contributed by atoms with Gasteiger partial charge >= 0.3 is 12.6 Å². The Morgan fingerprint density at radius 3 is 1.85 bits per heavy atom. The molecular formula is C30H40N5O6+. The molecule has 0 aliphatic carbocycles. The van der Waals surface area contributed by atoms with Gasteiger partial charge in [0, 0.05) is 6.42 Å². The van der Waals surface area contributed by atoms with Crippen molar-refractivity contribution >= 4 is 23.7 Å². The first kappa shape index (κ1) is 32.8. The molecular weight excluding hydrogens is 526 g/mol. The summed E-state index contributed by atoms with van der Waals surface area (Å²) >= 11 is 0. The highest BCUT2D eigenvalue weighted by Crippen LogP contribution is 2.14. The van der Waals surface area contributed by atoms with Crippen LogP contribution in [0.2, 0.25) is 0 Å². The quantitative estimate of drug-likeness (QED) is 0.239. The monoisotopic (exact) mass is 566 g/mol. The first-order valence-electron chi connectivity index (χ1n) is 13.7. The number of rotatable bonds is 15. The van der Waals surface area contributed by atoms with E-state index in [1.54, 1.807) is 12.1 Å². The predicted octanol–water partition coefficient (Wildman–Crippen LogP) is 3.71. The molecule has 0 radical (unpaired) electrons. The van der Waals surface area contributed by atoms with E-state index in [1.165, 1.54) is 12.1 Å². The number of nitrogens with one attached hydrogen (secondary N) is 3. The number of hydrogen-bond acceptors (Lipinski definition) is 7. The fourth-order valence-corrected chi connectivity index (χ4v) is 4.15. The van der Waals surface area contributed by atoms with Gasteiger partial charge in [-0.1, -0.05) is 70.2 Å². The molecule has 0 aliphatic rings. The van der Waals surface area contributed by atoms with Crippen LogP contribution < -0.4 is 16.0 Å². The van der Waals surface area contributed by atoms with Gasteiger partial charge in [-0.3, -0.25) is 14.4 Å². The summed E-state index contributed by atoms with van der Waals surface area (Å²) in [4.78, 5) is 54.8. The van der Waals surface area contributed by atoms with E-state index in [1.807, 2.05) is 58.0 Å². The molecule has 0 bridgehead atoms. The second-order valence-corrected chi connectivity index (χ2v) is 10.8. The molecule has 3 amide bonds. The SMILES string of the molecule is CC(C)C[C@H](NC(=O)OCc1ccccc1)C(=O)N[C@@H](CC(C)C)C(=O)N[C@@H](Cc1ccc(O)cc1)C(=O)C[N+]#N. The van der Waals surface area contributed by atoms with Crippen LogP contribution in [-0.4, -0.2) is 53.5 Å². The van der Waals surface area contributed by atoms with E-state index in [0.717, 1.165) is 5.56 Å². The lowest BCUT2D eigenvalue weighted by Gasteiger charge is -2.26. The predicted molar refractivity (Wildman–Crippen MR) is 153 cm³/mol. The van der Waals surface area contributed by atoms with Crippen molar-refractivity contribution in [2.75, 3.05) is 6.54 Å². The van der Waals surface area contributed by atoms with Crippen molar-refractivity contribution in [2.45, 2.75) is 71.7 Å². The maximum absolute atomic E-state index is 13.4. The summed E-state index contributed by atoms with van der Waals surface area (Å²) in [7, 11) is 0. The Hall–Kier alpha value is -4.46. The number of ketones is 1. The van der Waals surface area contributed by atoms with Gasteiger partial charge < -0.3 is 25.8 Å². The van der Waals surface area contributed by atoms with Crippen LogP contribution in [-0.2, 0) is 32.1 Å². The van der Waals surface area contributed by atoms with Crippen molar-refractivity contribution in [3.05, 3.63) is 70.7 Å². The van der Waals surface area contributed by atoms with Crippen LogP contribution in [0.4, 0.5) is 4.79 Å². The average molecular weight is 567 g/mol. The largest absolute Gasteiger partial charge is 0.508 e. The van der Waals surface area contributed by atoms with Crippen LogP contribution in [0.1, 0.15) is 51.7 Å². The summed E-state index contributed by atoms with van der Waals surface area (Å²) in [5.74, 6) is -1.55. The number of phenolic OH excluding ortho intramolecular Hbond substituents is 1. The van der Waals surface area contributed by atoms with Crippen LogP contribution in [0.15, 0.2) is 54.6 Å². The lowest BCUT2D eigenvalue weighted by atomic mass is 9.98. The zero-order valence-electron chi connectivity index (χ0n) is 24.0. The fourth-order valence-electron chi connectivity index (χ4n) is 4.15. The minimum absolute atomic E-state index is 0.0112. The molecule has 0 aliphatic heterocycles. The van der Waals surface area contributed by atoms with Gasteiger partial charge in [0.15, 0.2) is 0 Å². The van der Waals surface area contributed by atoms with Crippen molar-refractivity contribution in [3.8, 4) is 5.75 Å². The van der Waals surface area contributed by atoms with Crippen molar-refractivity contribution in [2.24, 2.45) is 11.8 Å². The van der Waals surface area contributed by atoms with Crippen LogP contribution in [0.3, 0.4) is 0 Å². The third-order valence-electron chi connectivity index (χ3n) is 6.18. The minimum atomic E-state index is -1.04. The molecule has 0 saturated carbocycles. The molecule has 0 heterocycles. The molecule has 0 unspecified atom stereocenters. The first-order chi connectivity index (χ1) is 19.5. The number of Topliss-reactive ketones (excluding diaryl/α,β-unsaturated/α-hetero) is 1. The van der Waals surface area contributed by atoms with E-state index in [4.69, 9.17) is 10.1 Å². The third kappa shape index (κ3) is 12.1. The van der Waals surface area contributed by atoms with Gasteiger partial charge in [0.25, 0.3) is 0 Å². The van der Waals surface area contributed by atoms with E-state index in [0.29, 0.717) is 12.0 Å². The maximum Gasteiger partial charge on any atom is 0.408 e. The Labute approximate surface area is 240 Å². The van der Waals surface area contributed by atoms with Crippen LogP contribution in [0.5, 0.6) is 5.75 Å². The maximum atomic E-state index is 13.4. The van der Waals surface area contributed by atoms with Crippen molar-refractivity contribution in [3.63, 3.8) is 0 Å². The van der Waals surface area contributed by atoms with Crippen molar-refractivity contribution in [1.29, 1.82) is 5.39 Å². The van der Waals surface area contributed by atoms with E-state index in [-0.39, 0.29) is 37.0 Å². The number of benzene rings is 2. The van der Waals surface area contributed by atoms with Crippen molar-refractivity contribution in [1.82, 2.24) is 16.0 Å². The molecule has 4 N–H and O–H groups in total. The van der Waals surface area contributed by atoms with E-state index < -0.39 is 48.4 Å². The lowest BCUT2D eigenvalue weighted by Crippen LogP contribution is -2.56. The zero-order valence-corrected chi connectivity index (χ0v) is 24.0. The molecule has 0 spiro atoms. The van der Waals surface area contributed by atoms with Crippen LogP contribution in [0.25, 0.3) is 4.98 Å². The number of carbonyl (C=O) groups excluding carboxylic acids is 4. The lowest BCUT2D eigenvalue weighted by molar-refractivity contribution is -0.132. The molecule has 2 aromatic rings. The molecule has 41 heavy (non-hydrogen) atoms. The van der Waals surface area contributed by atoms with Crippen LogP contribution in [0, 0.1) is 17.2 Å². The van der Waals surface area contributed by atoms with Crippen LogP contribution >= 0.6 is 0 Å². The van der Waals surface area contributed by atoms with E-state index >= 15 is 0 Å². The smallest absolute Gasteiger partial charge is 0.408 e. The molecule has 11 heteroatoms. The fraction of sp³-hybridized carbons (Fsp3) is 0.467. The molecule has 0 saturated heterocycles. The molecule has 220 valence electrons. The molecule has 0 fully saturated rings. The van der Waals surface area contributed by atoms with Gasteiger partial charge in [0.2, 0.25) is 23.0 Å². The Morgan fingerprint density at radius 1 is 0.780 bits per heavy atom. The summed E-state index contributed by atoms with van der Waals surface area (Å²) < 4.78 is 5.28. The number of diazo groups is 1. The minimum Gasteiger partial charge on any atom is -0.508 e.